The van der Waals surface area contributed by atoms with Crippen LogP contribution in [0.25, 0.3) is 0 Å². The monoisotopic (exact) mass is 315 g/mol. The van der Waals surface area contributed by atoms with E-state index in [4.69, 9.17) is 27.9 Å². The first-order valence-electron chi connectivity index (χ1n) is 6.93. The molecule has 3 nitrogen and oxygen atoms in total. The Labute approximate surface area is 129 Å². The van der Waals surface area contributed by atoms with Crippen molar-refractivity contribution in [1.29, 1.82) is 0 Å². The molecule has 0 aliphatic heterocycles. The molecule has 0 saturated heterocycles. The molecule has 1 aromatic rings. The molecule has 1 aliphatic carbocycles. The number of hydrogen-bond acceptors (Lipinski definition) is 2. The summed E-state index contributed by atoms with van der Waals surface area (Å²) in [6, 6.07) is 5.14. The van der Waals surface area contributed by atoms with E-state index in [0.29, 0.717) is 21.7 Å². The SMILES string of the molecule is C[C@H]1CCCC[C@H]1OCC(=O)Nc1cccc(Cl)c1Cl. The number of carbonyl (C=O) groups is 1. The third-order valence-corrected chi connectivity index (χ3v) is 4.51. The van der Waals surface area contributed by atoms with Gasteiger partial charge in [0.25, 0.3) is 0 Å². The molecule has 1 N–H and O–H groups in total. The quantitative estimate of drug-likeness (QED) is 0.886. The number of carbonyl (C=O) groups excluding carboxylic acids is 1. The van der Waals surface area contributed by atoms with Gasteiger partial charge in [0.1, 0.15) is 6.61 Å². The standard InChI is InChI=1S/C15H19Cl2NO2/c1-10-5-2-3-8-13(10)20-9-14(19)18-12-7-4-6-11(16)15(12)17/h4,6-7,10,13H,2-3,5,8-9H2,1H3,(H,18,19)/t10-,13+/m0/s1. The average Bonchev–Trinajstić information content (AvgIpc) is 2.43. The van der Waals surface area contributed by atoms with Crippen molar-refractivity contribution >= 4 is 34.8 Å². The molecule has 5 heteroatoms. The smallest absolute Gasteiger partial charge is 0.250 e. The van der Waals surface area contributed by atoms with E-state index in [2.05, 4.69) is 12.2 Å². The first-order chi connectivity index (χ1) is 9.58. The molecule has 0 unspecified atom stereocenters. The van der Waals surface area contributed by atoms with Gasteiger partial charge in [-0.3, -0.25) is 4.79 Å². The Morgan fingerprint density at radius 1 is 1.35 bits per heavy atom. The number of amides is 1. The Morgan fingerprint density at radius 2 is 2.10 bits per heavy atom. The minimum absolute atomic E-state index is 0.0534. The number of hydrogen-bond donors (Lipinski definition) is 1. The predicted octanol–water partition coefficient (Wildman–Crippen LogP) is 4.53. The third-order valence-electron chi connectivity index (χ3n) is 3.69. The third kappa shape index (κ3) is 4.11. The van der Waals surface area contributed by atoms with Gasteiger partial charge < -0.3 is 10.1 Å². The number of nitrogens with one attached hydrogen (secondary N) is 1. The summed E-state index contributed by atoms with van der Waals surface area (Å²) in [5, 5.41) is 3.50. The van der Waals surface area contributed by atoms with Gasteiger partial charge in [0, 0.05) is 0 Å². The zero-order valence-electron chi connectivity index (χ0n) is 11.5. The van der Waals surface area contributed by atoms with Crippen molar-refractivity contribution in [2.75, 3.05) is 11.9 Å². The Bertz CT molecular complexity index is 479. The van der Waals surface area contributed by atoms with Crippen molar-refractivity contribution in [3.8, 4) is 0 Å². The Balaban J connectivity index is 1.85. The van der Waals surface area contributed by atoms with Crippen LogP contribution in [0.1, 0.15) is 32.6 Å². The topological polar surface area (TPSA) is 38.3 Å². The van der Waals surface area contributed by atoms with Gasteiger partial charge in [-0.25, -0.2) is 0 Å². The summed E-state index contributed by atoms with van der Waals surface area (Å²) in [5.41, 5.74) is 0.518. The highest BCUT2D eigenvalue weighted by atomic mass is 35.5. The van der Waals surface area contributed by atoms with Crippen LogP contribution in [0.15, 0.2) is 18.2 Å². The predicted molar refractivity (Wildman–Crippen MR) is 82.5 cm³/mol. The van der Waals surface area contributed by atoms with Crippen LogP contribution in [0, 0.1) is 5.92 Å². The normalized spacial score (nSPS) is 22.6. The summed E-state index contributed by atoms with van der Waals surface area (Å²) in [7, 11) is 0. The maximum Gasteiger partial charge on any atom is 0.250 e. The first-order valence-corrected chi connectivity index (χ1v) is 7.69. The Hall–Kier alpha value is -0.770. The molecule has 110 valence electrons. The number of ether oxygens (including phenoxy) is 1. The Morgan fingerprint density at radius 3 is 2.85 bits per heavy atom. The van der Waals surface area contributed by atoms with Crippen molar-refractivity contribution < 1.29 is 9.53 Å². The van der Waals surface area contributed by atoms with Gasteiger partial charge in [-0.1, -0.05) is 49.0 Å². The molecule has 0 spiro atoms. The van der Waals surface area contributed by atoms with Crippen molar-refractivity contribution in [3.05, 3.63) is 28.2 Å². The highest BCUT2D eigenvalue weighted by Crippen LogP contribution is 2.30. The molecule has 1 aliphatic rings. The molecule has 0 aromatic heterocycles. The molecular formula is C15H19Cl2NO2. The zero-order chi connectivity index (χ0) is 14.5. The maximum absolute atomic E-state index is 11.9. The lowest BCUT2D eigenvalue weighted by Gasteiger charge is -2.28. The summed E-state index contributed by atoms with van der Waals surface area (Å²) >= 11 is 11.9. The van der Waals surface area contributed by atoms with E-state index in [1.807, 2.05) is 0 Å². The second-order valence-corrected chi connectivity index (χ2v) is 6.05. The summed E-state index contributed by atoms with van der Waals surface area (Å²) in [6.07, 6.45) is 4.82. The minimum Gasteiger partial charge on any atom is -0.368 e. The number of rotatable bonds is 4. The van der Waals surface area contributed by atoms with E-state index in [-0.39, 0.29) is 18.6 Å². The van der Waals surface area contributed by atoms with Gasteiger partial charge in [-0.2, -0.15) is 0 Å². The lowest BCUT2D eigenvalue weighted by Crippen LogP contribution is -2.29. The molecule has 1 saturated carbocycles. The van der Waals surface area contributed by atoms with Crippen molar-refractivity contribution in [3.63, 3.8) is 0 Å². The van der Waals surface area contributed by atoms with Crippen molar-refractivity contribution in [2.45, 2.75) is 38.7 Å². The van der Waals surface area contributed by atoms with E-state index in [9.17, 15) is 4.79 Å². The zero-order valence-corrected chi connectivity index (χ0v) is 13.0. The summed E-state index contributed by atoms with van der Waals surface area (Å²) in [6.45, 7) is 2.23. The first kappa shape index (κ1) is 15.6. The van der Waals surface area contributed by atoms with Crippen molar-refractivity contribution in [2.24, 2.45) is 5.92 Å². The molecule has 1 aromatic carbocycles. The van der Waals surface area contributed by atoms with Crippen LogP contribution >= 0.6 is 23.2 Å². The van der Waals surface area contributed by atoms with E-state index < -0.39 is 0 Å². The molecule has 20 heavy (non-hydrogen) atoms. The second-order valence-electron chi connectivity index (χ2n) is 5.26. The van der Waals surface area contributed by atoms with Gasteiger partial charge in [0.2, 0.25) is 5.91 Å². The van der Waals surface area contributed by atoms with Crippen LogP contribution in [-0.2, 0) is 9.53 Å². The molecule has 0 heterocycles. The molecule has 0 radical (unpaired) electrons. The lowest BCUT2D eigenvalue weighted by atomic mass is 9.88. The van der Waals surface area contributed by atoms with Crippen LogP contribution in [0.2, 0.25) is 10.0 Å². The van der Waals surface area contributed by atoms with E-state index >= 15 is 0 Å². The lowest BCUT2D eigenvalue weighted by molar-refractivity contribution is -0.124. The molecule has 2 rings (SSSR count). The highest BCUT2D eigenvalue weighted by Gasteiger charge is 2.22. The second kappa shape index (κ2) is 7.30. The molecule has 1 amide bonds. The van der Waals surface area contributed by atoms with Crippen molar-refractivity contribution in [1.82, 2.24) is 0 Å². The molecule has 0 bridgehead atoms. The van der Waals surface area contributed by atoms with Crippen LogP contribution in [0.5, 0.6) is 0 Å². The molecular weight excluding hydrogens is 297 g/mol. The van der Waals surface area contributed by atoms with Crippen LogP contribution in [0.3, 0.4) is 0 Å². The van der Waals surface area contributed by atoms with Crippen LogP contribution in [0.4, 0.5) is 5.69 Å². The minimum atomic E-state index is -0.202. The van der Waals surface area contributed by atoms with Gasteiger partial charge in [0.05, 0.1) is 21.8 Å². The van der Waals surface area contributed by atoms with Gasteiger partial charge in [0.15, 0.2) is 0 Å². The van der Waals surface area contributed by atoms with Gasteiger partial charge in [-0.05, 0) is 30.9 Å². The fraction of sp³-hybridized carbons (Fsp3) is 0.533. The van der Waals surface area contributed by atoms with Crippen LogP contribution in [-0.4, -0.2) is 18.6 Å². The van der Waals surface area contributed by atoms with E-state index in [1.54, 1.807) is 18.2 Å². The summed E-state index contributed by atoms with van der Waals surface area (Å²) in [5.74, 6) is 0.318. The van der Waals surface area contributed by atoms with Gasteiger partial charge in [-0.15, -0.1) is 0 Å². The van der Waals surface area contributed by atoms with Gasteiger partial charge >= 0.3 is 0 Å². The maximum atomic E-state index is 11.9. The summed E-state index contributed by atoms with van der Waals surface area (Å²) < 4.78 is 5.71. The van der Waals surface area contributed by atoms with Crippen LogP contribution < -0.4 is 5.32 Å². The van der Waals surface area contributed by atoms with E-state index in [0.717, 1.165) is 6.42 Å². The largest absolute Gasteiger partial charge is 0.368 e. The Kier molecular flexibility index (Phi) is 5.70. The molecule has 1 fully saturated rings. The number of benzene rings is 1. The number of anilines is 1. The fourth-order valence-corrected chi connectivity index (χ4v) is 2.85. The average molecular weight is 316 g/mol. The number of halogens is 2. The fourth-order valence-electron chi connectivity index (χ4n) is 2.50. The molecule has 2 atom stereocenters. The highest BCUT2D eigenvalue weighted by molar-refractivity contribution is 6.43. The summed E-state index contributed by atoms with van der Waals surface area (Å²) in [4.78, 5) is 11.9. The van der Waals surface area contributed by atoms with E-state index in [1.165, 1.54) is 19.3 Å².